The van der Waals surface area contributed by atoms with Crippen molar-refractivity contribution >= 4 is 35.0 Å². The highest BCUT2D eigenvalue weighted by molar-refractivity contribution is 7.80. The molecule has 0 spiro atoms. The predicted molar refractivity (Wildman–Crippen MR) is 94.5 cm³/mol. The molecule has 0 aliphatic heterocycles. The summed E-state index contributed by atoms with van der Waals surface area (Å²) in [6, 6.07) is 6.02. The summed E-state index contributed by atoms with van der Waals surface area (Å²) in [6.07, 6.45) is -0.748. The van der Waals surface area contributed by atoms with Gasteiger partial charge in [0.2, 0.25) is 5.91 Å². The van der Waals surface area contributed by atoms with Crippen molar-refractivity contribution in [1.82, 2.24) is 10.2 Å². The number of imide groups is 1. The molecule has 0 fully saturated rings. The van der Waals surface area contributed by atoms with Crippen molar-refractivity contribution < 1.29 is 14.3 Å². The summed E-state index contributed by atoms with van der Waals surface area (Å²) in [5.41, 5.74) is 3.12. The molecular formula is C16H23N3O3S. The highest BCUT2D eigenvalue weighted by Crippen LogP contribution is 2.14. The number of carbonyl (C=O) groups is 2. The van der Waals surface area contributed by atoms with E-state index in [2.05, 4.69) is 21.4 Å². The third-order valence-electron chi connectivity index (χ3n) is 2.99. The third-order valence-corrected chi connectivity index (χ3v) is 3.35. The highest BCUT2D eigenvalue weighted by atomic mass is 32.1. The van der Waals surface area contributed by atoms with Crippen LogP contribution in [0.5, 0.6) is 0 Å². The predicted octanol–water partition coefficient (Wildman–Crippen LogP) is 2.59. The first-order chi connectivity index (χ1) is 10.8. The van der Waals surface area contributed by atoms with Crippen LogP contribution in [0, 0.1) is 13.8 Å². The number of benzene rings is 1. The summed E-state index contributed by atoms with van der Waals surface area (Å²) in [7, 11) is 0. The largest absolute Gasteiger partial charge is 0.450 e. The maximum absolute atomic E-state index is 11.8. The molecule has 6 nitrogen and oxygen atoms in total. The molecule has 0 radical (unpaired) electrons. The molecule has 0 atom stereocenters. The summed E-state index contributed by atoms with van der Waals surface area (Å²) in [6.45, 7) is 8.29. The van der Waals surface area contributed by atoms with Crippen LogP contribution in [-0.4, -0.2) is 41.7 Å². The smallest absolute Gasteiger partial charge is 0.413 e. The maximum atomic E-state index is 11.8. The minimum Gasteiger partial charge on any atom is -0.450 e. The normalized spacial score (nSPS) is 9.91. The van der Waals surface area contributed by atoms with Crippen LogP contribution >= 0.6 is 12.2 Å². The lowest BCUT2D eigenvalue weighted by molar-refractivity contribution is -0.120. The molecule has 0 saturated heterocycles. The fraction of sp³-hybridized carbons (Fsp3) is 0.438. The van der Waals surface area contributed by atoms with Crippen LogP contribution < -0.4 is 10.6 Å². The standard InChI is InChI=1S/C16H23N3O3S/c1-5-19(10-14(20)18-16(21)22-6-2)15(23)17-13-8-11(3)7-12(4)9-13/h7-9H,5-6,10H2,1-4H3,(H,17,23)(H,18,20,21). The third kappa shape index (κ3) is 6.65. The second-order valence-electron chi connectivity index (χ2n) is 5.09. The van der Waals surface area contributed by atoms with Crippen LogP contribution in [-0.2, 0) is 9.53 Å². The summed E-state index contributed by atoms with van der Waals surface area (Å²) in [5.74, 6) is -0.463. The van der Waals surface area contributed by atoms with Crippen LogP contribution in [0.25, 0.3) is 0 Å². The first-order valence-electron chi connectivity index (χ1n) is 7.46. The first kappa shape index (κ1) is 18.9. The van der Waals surface area contributed by atoms with Crippen LogP contribution in [0.15, 0.2) is 18.2 Å². The number of aryl methyl sites for hydroxylation is 2. The number of hydrogen-bond donors (Lipinski definition) is 2. The minimum absolute atomic E-state index is 0.0219. The van der Waals surface area contributed by atoms with E-state index >= 15 is 0 Å². The summed E-state index contributed by atoms with van der Waals surface area (Å²) < 4.78 is 4.67. The molecule has 2 amide bonds. The first-order valence-corrected chi connectivity index (χ1v) is 7.87. The Hall–Kier alpha value is -2.15. The molecule has 1 rings (SSSR count). The van der Waals surface area contributed by atoms with E-state index in [1.807, 2.05) is 32.9 Å². The number of thiocarbonyl (C=S) groups is 1. The van der Waals surface area contributed by atoms with Gasteiger partial charge in [-0.3, -0.25) is 10.1 Å². The minimum atomic E-state index is -0.748. The lowest BCUT2D eigenvalue weighted by atomic mass is 10.1. The van der Waals surface area contributed by atoms with Crippen LogP contribution in [0.1, 0.15) is 25.0 Å². The molecule has 1 aromatic carbocycles. The topological polar surface area (TPSA) is 70.7 Å². The Labute approximate surface area is 142 Å². The Morgan fingerprint density at radius 3 is 2.30 bits per heavy atom. The van der Waals surface area contributed by atoms with E-state index in [0.717, 1.165) is 16.8 Å². The SMILES string of the molecule is CCOC(=O)NC(=O)CN(CC)C(=S)Nc1cc(C)cc(C)c1. The van der Waals surface area contributed by atoms with Crippen molar-refractivity contribution in [3.8, 4) is 0 Å². The van der Waals surface area contributed by atoms with Gasteiger partial charge in [0.25, 0.3) is 0 Å². The second kappa shape index (κ2) is 9.09. The van der Waals surface area contributed by atoms with Gasteiger partial charge in [-0.2, -0.15) is 0 Å². The van der Waals surface area contributed by atoms with E-state index in [4.69, 9.17) is 12.2 Å². The lowest BCUT2D eigenvalue weighted by Crippen LogP contribution is -2.44. The molecular weight excluding hydrogens is 314 g/mol. The van der Waals surface area contributed by atoms with Gasteiger partial charge < -0.3 is 15.0 Å². The molecule has 1 aromatic rings. The number of nitrogens with zero attached hydrogens (tertiary/aromatic N) is 1. The molecule has 0 heterocycles. The molecule has 23 heavy (non-hydrogen) atoms. The molecule has 0 unspecified atom stereocenters. The molecule has 0 aromatic heterocycles. The number of likely N-dealkylation sites (N-methyl/N-ethyl adjacent to an activating group) is 1. The van der Waals surface area contributed by atoms with E-state index in [9.17, 15) is 9.59 Å². The molecule has 7 heteroatoms. The van der Waals surface area contributed by atoms with Crippen molar-refractivity contribution in [2.24, 2.45) is 0 Å². The van der Waals surface area contributed by atoms with Crippen LogP contribution in [0.2, 0.25) is 0 Å². The van der Waals surface area contributed by atoms with Crippen LogP contribution in [0.3, 0.4) is 0 Å². The zero-order valence-electron chi connectivity index (χ0n) is 13.9. The van der Waals surface area contributed by atoms with Gasteiger partial charge in [0.1, 0.15) is 0 Å². The summed E-state index contributed by atoms with van der Waals surface area (Å²) >= 11 is 5.35. The molecule has 0 aliphatic carbocycles. The Balaban J connectivity index is 2.64. The van der Waals surface area contributed by atoms with Crippen molar-refractivity contribution in [1.29, 1.82) is 0 Å². The maximum Gasteiger partial charge on any atom is 0.413 e. The molecule has 0 saturated carbocycles. The van der Waals surface area contributed by atoms with Gasteiger partial charge in [0, 0.05) is 12.2 Å². The summed E-state index contributed by atoms with van der Waals surface area (Å²) in [5, 5.41) is 5.70. The number of amides is 2. The number of alkyl carbamates (subject to hydrolysis) is 1. The van der Waals surface area contributed by atoms with Crippen molar-refractivity contribution in [3.63, 3.8) is 0 Å². The number of carbonyl (C=O) groups excluding carboxylic acids is 2. The summed E-state index contributed by atoms with van der Waals surface area (Å²) in [4.78, 5) is 24.7. The van der Waals surface area contributed by atoms with E-state index in [0.29, 0.717) is 11.7 Å². The van der Waals surface area contributed by atoms with Gasteiger partial charge >= 0.3 is 6.09 Å². The Bertz CT molecular complexity index is 570. The second-order valence-corrected chi connectivity index (χ2v) is 5.48. The average Bonchev–Trinajstić information content (AvgIpc) is 2.43. The molecule has 0 aliphatic rings. The highest BCUT2D eigenvalue weighted by Gasteiger charge is 2.15. The fourth-order valence-corrected chi connectivity index (χ4v) is 2.38. The molecule has 126 valence electrons. The fourth-order valence-electron chi connectivity index (χ4n) is 2.07. The van der Waals surface area contributed by atoms with Gasteiger partial charge in [-0.1, -0.05) is 6.07 Å². The van der Waals surface area contributed by atoms with E-state index in [1.165, 1.54) is 0 Å². The number of ether oxygens (including phenoxy) is 1. The van der Waals surface area contributed by atoms with Gasteiger partial charge in [0.05, 0.1) is 13.2 Å². The van der Waals surface area contributed by atoms with E-state index in [-0.39, 0.29) is 13.2 Å². The van der Waals surface area contributed by atoms with Gasteiger partial charge in [0.15, 0.2) is 5.11 Å². The van der Waals surface area contributed by atoms with Gasteiger partial charge in [-0.15, -0.1) is 0 Å². The van der Waals surface area contributed by atoms with E-state index in [1.54, 1.807) is 11.8 Å². The zero-order valence-corrected chi connectivity index (χ0v) is 14.8. The van der Waals surface area contributed by atoms with Crippen molar-refractivity contribution in [3.05, 3.63) is 29.3 Å². The van der Waals surface area contributed by atoms with Crippen molar-refractivity contribution in [2.45, 2.75) is 27.7 Å². The molecule has 0 bridgehead atoms. The molecule has 2 N–H and O–H groups in total. The average molecular weight is 337 g/mol. The number of nitrogens with one attached hydrogen (secondary N) is 2. The monoisotopic (exact) mass is 337 g/mol. The Kier molecular flexibility index (Phi) is 7.47. The van der Waals surface area contributed by atoms with Gasteiger partial charge in [-0.25, -0.2) is 4.79 Å². The quantitative estimate of drug-likeness (QED) is 0.805. The van der Waals surface area contributed by atoms with Gasteiger partial charge in [-0.05, 0) is 63.2 Å². The van der Waals surface area contributed by atoms with Crippen molar-refractivity contribution in [2.75, 3.05) is 25.0 Å². The Morgan fingerprint density at radius 1 is 1.17 bits per heavy atom. The zero-order chi connectivity index (χ0) is 17.4. The van der Waals surface area contributed by atoms with E-state index < -0.39 is 12.0 Å². The number of hydrogen-bond acceptors (Lipinski definition) is 4. The number of anilines is 1. The number of rotatable bonds is 5. The van der Waals surface area contributed by atoms with Crippen LogP contribution in [0.4, 0.5) is 10.5 Å². The Morgan fingerprint density at radius 2 is 1.78 bits per heavy atom. The lowest BCUT2D eigenvalue weighted by Gasteiger charge is -2.23.